The van der Waals surface area contributed by atoms with Crippen LogP contribution < -0.4 is 4.90 Å². The van der Waals surface area contributed by atoms with E-state index >= 15 is 0 Å². The third-order valence-electron chi connectivity index (χ3n) is 3.63. The van der Waals surface area contributed by atoms with E-state index in [0.717, 1.165) is 6.07 Å². The molecule has 7 heteroatoms. The van der Waals surface area contributed by atoms with Crippen molar-refractivity contribution in [1.29, 1.82) is 0 Å². The van der Waals surface area contributed by atoms with Crippen LogP contribution in [0.3, 0.4) is 0 Å². The summed E-state index contributed by atoms with van der Waals surface area (Å²) < 4.78 is 45.0. The first-order chi connectivity index (χ1) is 9.71. The molecule has 0 unspecified atom stereocenters. The number of nitrogens with zero attached hydrogens (tertiary/aromatic N) is 1. The molecule has 21 heavy (non-hydrogen) atoms. The Kier molecular flexibility index (Phi) is 4.85. The third kappa shape index (κ3) is 4.11. The highest BCUT2D eigenvalue weighted by molar-refractivity contribution is 9.10. The Hall–Kier alpha value is -0.790. The van der Waals surface area contributed by atoms with Gasteiger partial charge in [-0.05, 0) is 18.2 Å². The van der Waals surface area contributed by atoms with Gasteiger partial charge in [0.25, 0.3) is 0 Å². The topological polar surface area (TPSA) is 32.7 Å². The standard InChI is InChI=1S/C14H17BrF3NO2/c1-19(9-13(20)4-6-21-7-5-13)12-3-2-10(15)8-11(12)14(16,17)18/h2-3,8,20H,4-7,9H2,1H3. The molecule has 118 valence electrons. The molecule has 0 aromatic heterocycles. The van der Waals surface area contributed by atoms with Crippen molar-refractivity contribution in [2.45, 2.75) is 24.6 Å². The van der Waals surface area contributed by atoms with E-state index in [1.54, 1.807) is 13.1 Å². The molecule has 0 spiro atoms. The van der Waals surface area contributed by atoms with Crippen molar-refractivity contribution in [1.82, 2.24) is 0 Å². The summed E-state index contributed by atoms with van der Waals surface area (Å²) in [6.45, 7) is 0.995. The molecule has 1 aliphatic rings. The van der Waals surface area contributed by atoms with Gasteiger partial charge < -0.3 is 14.7 Å². The average Bonchev–Trinajstić information content (AvgIpc) is 2.37. The fourth-order valence-electron chi connectivity index (χ4n) is 2.50. The smallest absolute Gasteiger partial charge is 0.388 e. The summed E-state index contributed by atoms with van der Waals surface area (Å²) >= 11 is 3.06. The molecule has 2 rings (SSSR count). The third-order valence-corrected chi connectivity index (χ3v) is 4.12. The van der Waals surface area contributed by atoms with E-state index in [1.165, 1.54) is 11.0 Å². The number of likely N-dealkylation sites (N-methyl/N-ethyl adjacent to an activating group) is 1. The number of hydrogen-bond donors (Lipinski definition) is 1. The molecule has 1 saturated heterocycles. The highest BCUT2D eigenvalue weighted by Crippen LogP contribution is 2.38. The molecule has 3 nitrogen and oxygen atoms in total. The minimum atomic E-state index is -4.44. The number of hydrogen-bond acceptors (Lipinski definition) is 3. The summed E-state index contributed by atoms with van der Waals surface area (Å²) in [6, 6.07) is 4.03. The molecule has 1 N–H and O–H groups in total. The van der Waals surface area contributed by atoms with Crippen molar-refractivity contribution < 1.29 is 23.0 Å². The van der Waals surface area contributed by atoms with Crippen LogP contribution >= 0.6 is 15.9 Å². The Labute approximate surface area is 129 Å². The van der Waals surface area contributed by atoms with Gasteiger partial charge in [-0.1, -0.05) is 15.9 Å². The second kappa shape index (κ2) is 6.14. The second-order valence-electron chi connectivity index (χ2n) is 5.35. The Balaban J connectivity index is 2.24. The summed E-state index contributed by atoms with van der Waals surface area (Å²) in [5.74, 6) is 0. The summed E-state index contributed by atoms with van der Waals surface area (Å²) in [4.78, 5) is 1.46. The van der Waals surface area contributed by atoms with Crippen LogP contribution in [-0.4, -0.2) is 37.5 Å². The van der Waals surface area contributed by atoms with Crippen molar-refractivity contribution in [3.8, 4) is 0 Å². The lowest BCUT2D eigenvalue weighted by Crippen LogP contribution is -2.46. The maximum atomic E-state index is 13.1. The van der Waals surface area contributed by atoms with Crippen LogP contribution in [-0.2, 0) is 10.9 Å². The molecule has 0 saturated carbocycles. The van der Waals surface area contributed by atoms with Gasteiger partial charge in [-0.3, -0.25) is 0 Å². The molecule has 0 amide bonds. The minimum absolute atomic E-state index is 0.0608. The SMILES string of the molecule is CN(CC1(O)CCOCC1)c1ccc(Br)cc1C(F)(F)F. The number of ether oxygens (including phenoxy) is 1. The zero-order chi connectivity index (χ0) is 15.7. The van der Waals surface area contributed by atoms with E-state index in [9.17, 15) is 18.3 Å². The van der Waals surface area contributed by atoms with Crippen molar-refractivity contribution in [3.63, 3.8) is 0 Å². The van der Waals surface area contributed by atoms with Crippen molar-refractivity contribution in [2.75, 3.05) is 31.7 Å². The molecule has 1 aliphatic heterocycles. The number of rotatable bonds is 3. The highest BCUT2D eigenvalue weighted by Gasteiger charge is 2.37. The zero-order valence-corrected chi connectivity index (χ0v) is 13.2. The van der Waals surface area contributed by atoms with Crippen LogP contribution in [0.5, 0.6) is 0 Å². The zero-order valence-electron chi connectivity index (χ0n) is 11.6. The predicted molar refractivity (Wildman–Crippen MR) is 77.4 cm³/mol. The number of halogens is 4. The fraction of sp³-hybridized carbons (Fsp3) is 0.571. The molecule has 1 aromatic carbocycles. The first kappa shape index (κ1) is 16.6. The van der Waals surface area contributed by atoms with Gasteiger partial charge in [0.2, 0.25) is 0 Å². The van der Waals surface area contributed by atoms with Crippen LogP contribution in [0.1, 0.15) is 18.4 Å². The molecule has 0 bridgehead atoms. The molecule has 0 aliphatic carbocycles. The van der Waals surface area contributed by atoms with Gasteiger partial charge in [0.05, 0.1) is 11.2 Å². The van der Waals surface area contributed by atoms with Gasteiger partial charge in [0.15, 0.2) is 0 Å². The largest absolute Gasteiger partial charge is 0.418 e. The summed E-state index contributed by atoms with van der Waals surface area (Å²) in [6.07, 6.45) is -3.59. The highest BCUT2D eigenvalue weighted by atomic mass is 79.9. The Morgan fingerprint density at radius 1 is 1.33 bits per heavy atom. The van der Waals surface area contributed by atoms with Gasteiger partial charge in [-0.15, -0.1) is 0 Å². The fourth-order valence-corrected chi connectivity index (χ4v) is 2.87. The van der Waals surface area contributed by atoms with E-state index in [-0.39, 0.29) is 12.2 Å². The lowest BCUT2D eigenvalue weighted by molar-refractivity contribution is -0.137. The van der Waals surface area contributed by atoms with E-state index in [0.29, 0.717) is 30.5 Å². The van der Waals surface area contributed by atoms with Crippen LogP contribution in [0.4, 0.5) is 18.9 Å². The van der Waals surface area contributed by atoms with Crippen LogP contribution in [0.15, 0.2) is 22.7 Å². The Morgan fingerprint density at radius 2 is 1.95 bits per heavy atom. The van der Waals surface area contributed by atoms with E-state index < -0.39 is 17.3 Å². The number of alkyl halides is 3. The molecule has 1 fully saturated rings. The van der Waals surface area contributed by atoms with Crippen molar-refractivity contribution in [2.24, 2.45) is 0 Å². The maximum Gasteiger partial charge on any atom is 0.418 e. The first-order valence-corrected chi connectivity index (χ1v) is 7.39. The average molecular weight is 368 g/mol. The van der Waals surface area contributed by atoms with Crippen LogP contribution in [0, 0.1) is 0 Å². The van der Waals surface area contributed by atoms with Gasteiger partial charge in [0, 0.05) is 49.8 Å². The Morgan fingerprint density at radius 3 is 2.52 bits per heavy atom. The van der Waals surface area contributed by atoms with Gasteiger partial charge in [-0.2, -0.15) is 13.2 Å². The van der Waals surface area contributed by atoms with E-state index in [2.05, 4.69) is 15.9 Å². The molecule has 1 heterocycles. The second-order valence-corrected chi connectivity index (χ2v) is 6.27. The van der Waals surface area contributed by atoms with Crippen LogP contribution in [0.2, 0.25) is 0 Å². The molecule has 0 atom stereocenters. The summed E-state index contributed by atoms with van der Waals surface area (Å²) in [5, 5.41) is 10.4. The van der Waals surface area contributed by atoms with E-state index in [1.807, 2.05) is 0 Å². The van der Waals surface area contributed by atoms with Gasteiger partial charge in [-0.25, -0.2) is 0 Å². The van der Waals surface area contributed by atoms with E-state index in [4.69, 9.17) is 4.74 Å². The lowest BCUT2D eigenvalue weighted by Gasteiger charge is -2.37. The number of benzene rings is 1. The molecule has 0 radical (unpaired) electrons. The van der Waals surface area contributed by atoms with Gasteiger partial charge in [0.1, 0.15) is 0 Å². The quantitative estimate of drug-likeness (QED) is 0.887. The van der Waals surface area contributed by atoms with Crippen molar-refractivity contribution >= 4 is 21.6 Å². The predicted octanol–water partition coefficient (Wildman–Crippen LogP) is 3.45. The first-order valence-electron chi connectivity index (χ1n) is 6.59. The summed E-state index contributed by atoms with van der Waals surface area (Å²) in [5.41, 5.74) is -1.66. The number of anilines is 1. The lowest BCUT2D eigenvalue weighted by atomic mass is 9.93. The maximum absolute atomic E-state index is 13.1. The van der Waals surface area contributed by atoms with Crippen LogP contribution in [0.25, 0.3) is 0 Å². The minimum Gasteiger partial charge on any atom is -0.388 e. The number of aliphatic hydroxyl groups is 1. The van der Waals surface area contributed by atoms with Gasteiger partial charge >= 0.3 is 6.18 Å². The molecular weight excluding hydrogens is 351 g/mol. The monoisotopic (exact) mass is 367 g/mol. The summed E-state index contributed by atoms with van der Waals surface area (Å²) in [7, 11) is 1.56. The molecule has 1 aromatic rings. The molecular formula is C14H17BrF3NO2. The van der Waals surface area contributed by atoms with Crippen molar-refractivity contribution in [3.05, 3.63) is 28.2 Å². The normalized spacial score (nSPS) is 18.6. The Bertz CT molecular complexity index is 501.